The summed E-state index contributed by atoms with van der Waals surface area (Å²) in [6.07, 6.45) is 0. The largest absolute Gasteiger partial charge is 0.493 e. The molecule has 0 aliphatic rings. The molecule has 0 atom stereocenters. The lowest BCUT2D eigenvalue weighted by Crippen LogP contribution is -2.36. The Kier molecular flexibility index (Phi) is 5.99. The van der Waals surface area contributed by atoms with Crippen LogP contribution < -0.4 is 20.5 Å². The molecule has 0 aliphatic heterocycles. The number of methoxy groups -OCH3 is 1. The Balaban J connectivity index is 2.74. The molecule has 0 amide bonds. The van der Waals surface area contributed by atoms with Gasteiger partial charge in [-0.3, -0.25) is 0 Å². The maximum atomic E-state index is 5.75. The van der Waals surface area contributed by atoms with E-state index in [9.17, 15) is 0 Å². The van der Waals surface area contributed by atoms with Crippen molar-refractivity contribution in [2.75, 3.05) is 13.7 Å². The third-order valence-electron chi connectivity index (χ3n) is 2.40. The molecule has 0 saturated carbocycles. The van der Waals surface area contributed by atoms with Crippen molar-refractivity contribution in [1.29, 1.82) is 0 Å². The molecule has 0 radical (unpaired) electrons. The number of hydrogen-bond donors (Lipinski definition) is 2. The molecule has 5 nitrogen and oxygen atoms in total. The first kappa shape index (κ1) is 15.1. The number of rotatable bonds is 6. The zero-order valence-corrected chi connectivity index (χ0v) is 12.1. The molecule has 106 valence electrons. The van der Waals surface area contributed by atoms with Gasteiger partial charge in [0, 0.05) is 6.04 Å². The highest BCUT2D eigenvalue weighted by Crippen LogP contribution is 2.28. The second kappa shape index (κ2) is 7.51. The number of nitrogens with two attached hydrogens (primary N) is 1. The summed E-state index contributed by atoms with van der Waals surface area (Å²) in [5.41, 5.74) is 6.78. The van der Waals surface area contributed by atoms with Crippen molar-refractivity contribution < 1.29 is 9.47 Å². The summed E-state index contributed by atoms with van der Waals surface area (Å²) in [6.45, 7) is 7.09. The number of benzene rings is 1. The van der Waals surface area contributed by atoms with E-state index in [1.807, 2.05) is 39.0 Å². The van der Waals surface area contributed by atoms with Gasteiger partial charge < -0.3 is 20.5 Å². The average Bonchev–Trinajstić information content (AvgIpc) is 2.37. The monoisotopic (exact) mass is 265 g/mol. The fourth-order valence-electron chi connectivity index (χ4n) is 1.60. The lowest BCUT2D eigenvalue weighted by molar-refractivity contribution is 0.310. The lowest BCUT2D eigenvalue weighted by atomic mass is 10.2. The highest BCUT2D eigenvalue weighted by atomic mass is 16.5. The molecule has 0 heterocycles. The van der Waals surface area contributed by atoms with Crippen LogP contribution in [0.15, 0.2) is 23.2 Å². The Hall–Kier alpha value is -1.91. The van der Waals surface area contributed by atoms with Crippen LogP contribution in [-0.4, -0.2) is 25.7 Å². The van der Waals surface area contributed by atoms with Crippen LogP contribution >= 0.6 is 0 Å². The SMILES string of the molecule is CCOc1ccc(CN=C(N)NC(C)C)cc1OC. The summed E-state index contributed by atoms with van der Waals surface area (Å²) in [6, 6.07) is 6.04. The van der Waals surface area contributed by atoms with E-state index in [2.05, 4.69) is 10.3 Å². The third kappa shape index (κ3) is 5.07. The molecule has 1 aromatic rings. The third-order valence-corrected chi connectivity index (χ3v) is 2.40. The summed E-state index contributed by atoms with van der Waals surface area (Å²) in [5, 5.41) is 3.05. The molecule has 19 heavy (non-hydrogen) atoms. The van der Waals surface area contributed by atoms with Crippen molar-refractivity contribution in [2.24, 2.45) is 10.7 Å². The summed E-state index contributed by atoms with van der Waals surface area (Å²) < 4.78 is 10.8. The van der Waals surface area contributed by atoms with Crippen molar-refractivity contribution >= 4 is 5.96 Å². The summed E-state index contributed by atoms with van der Waals surface area (Å²) in [7, 11) is 1.62. The summed E-state index contributed by atoms with van der Waals surface area (Å²) in [5.74, 6) is 1.90. The van der Waals surface area contributed by atoms with Gasteiger partial charge in [0.1, 0.15) is 0 Å². The number of guanidine groups is 1. The van der Waals surface area contributed by atoms with E-state index in [4.69, 9.17) is 15.2 Å². The molecule has 1 aromatic carbocycles. The van der Waals surface area contributed by atoms with E-state index in [1.54, 1.807) is 7.11 Å². The van der Waals surface area contributed by atoms with Gasteiger partial charge in [-0.1, -0.05) is 6.07 Å². The van der Waals surface area contributed by atoms with Crippen LogP contribution in [0.2, 0.25) is 0 Å². The van der Waals surface area contributed by atoms with E-state index in [0.717, 1.165) is 11.3 Å². The van der Waals surface area contributed by atoms with Crippen LogP contribution in [0, 0.1) is 0 Å². The first-order valence-electron chi connectivity index (χ1n) is 6.43. The van der Waals surface area contributed by atoms with Crippen LogP contribution in [-0.2, 0) is 6.54 Å². The minimum Gasteiger partial charge on any atom is -0.493 e. The number of nitrogens with one attached hydrogen (secondary N) is 1. The second-order valence-electron chi connectivity index (χ2n) is 4.42. The molecule has 0 fully saturated rings. The number of nitrogens with zero attached hydrogens (tertiary/aromatic N) is 1. The minimum atomic E-state index is 0.276. The van der Waals surface area contributed by atoms with Gasteiger partial charge in [-0.25, -0.2) is 4.99 Å². The number of ether oxygens (including phenoxy) is 2. The van der Waals surface area contributed by atoms with Crippen LogP contribution in [0.3, 0.4) is 0 Å². The Morgan fingerprint density at radius 2 is 2.11 bits per heavy atom. The van der Waals surface area contributed by atoms with Crippen LogP contribution in [0.4, 0.5) is 0 Å². The van der Waals surface area contributed by atoms with Crippen LogP contribution in [0.25, 0.3) is 0 Å². The first-order valence-corrected chi connectivity index (χ1v) is 6.43. The predicted octanol–water partition coefficient (Wildman–Crippen LogP) is 1.91. The quantitative estimate of drug-likeness (QED) is 0.609. The molecule has 1 rings (SSSR count). The molecule has 0 aromatic heterocycles. The highest BCUT2D eigenvalue weighted by molar-refractivity contribution is 5.78. The average molecular weight is 265 g/mol. The molecule has 0 unspecified atom stereocenters. The first-order chi connectivity index (χ1) is 9.06. The number of hydrogen-bond acceptors (Lipinski definition) is 3. The normalized spacial score (nSPS) is 11.5. The fourth-order valence-corrected chi connectivity index (χ4v) is 1.60. The zero-order chi connectivity index (χ0) is 14.3. The van der Waals surface area contributed by atoms with Crippen molar-refractivity contribution in [3.05, 3.63) is 23.8 Å². The maximum Gasteiger partial charge on any atom is 0.189 e. The van der Waals surface area contributed by atoms with Gasteiger partial charge in [0.25, 0.3) is 0 Å². The molecule has 0 spiro atoms. The maximum absolute atomic E-state index is 5.75. The zero-order valence-electron chi connectivity index (χ0n) is 12.1. The summed E-state index contributed by atoms with van der Waals surface area (Å²) in [4.78, 5) is 4.27. The molecular weight excluding hydrogens is 242 g/mol. The smallest absolute Gasteiger partial charge is 0.189 e. The molecule has 0 aliphatic carbocycles. The van der Waals surface area contributed by atoms with Gasteiger partial charge in [0.15, 0.2) is 17.5 Å². The van der Waals surface area contributed by atoms with Crippen LogP contribution in [0.1, 0.15) is 26.3 Å². The Labute approximate surface area is 114 Å². The van der Waals surface area contributed by atoms with Crippen molar-refractivity contribution in [2.45, 2.75) is 33.4 Å². The molecule has 3 N–H and O–H groups in total. The fraction of sp³-hybridized carbons (Fsp3) is 0.500. The van der Waals surface area contributed by atoms with Gasteiger partial charge in [0.2, 0.25) is 0 Å². The van der Waals surface area contributed by atoms with E-state index in [-0.39, 0.29) is 6.04 Å². The molecule has 0 bridgehead atoms. The van der Waals surface area contributed by atoms with Gasteiger partial charge in [-0.2, -0.15) is 0 Å². The molecule has 0 saturated heterocycles. The van der Waals surface area contributed by atoms with Gasteiger partial charge in [-0.15, -0.1) is 0 Å². The summed E-state index contributed by atoms with van der Waals surface area (Å²) >= 11 is 0. The highest BCUT2D eigenvalue weighted by Gasteiger charge is 2.05. The van der Waals surface area contributed by atoms with E-state index in [0.29, 0.717) is 24.9 Å². The Bertz CT molecular complexity index is 431. The molecular formula is C14H23N3O2. The van der Waals surface area contributed by atoms with Crippen molar-refractivity contribution in [3.8, 4) is 11.5 Å². The van der Waals surface area contributed by atoms with Crippen molar-refractivity contribution in [3.63, 3.8) is 0 Å². The van der Waals surface area contributed by atoms with Crippen molar-refractivity contribution in [1.82, 2.24) is 5.32 Å². The Morgan fingerprint density at radius 3 is 2.68 bits per heavy atom. The van der Waals surface area contributed by atoms with E-state index in [1.165, 1.54) is 0 Å². The second-order valence-corrected chi connectivity index (χ2v) is 4.42. The standard InChI is InChI=1S/C14H23N3O2/c1-5-19-12-7-6-11(8-13(12)18-4)9-16-14(15)17-10(2)3/h6-8,10H,5,9H2,1-4H3,(H3,15,16,17). The lowest BCUT2D eigenvalue weighted by Gasteiger charge is -2.11. The van der Waals surface area contributed by atoms with Gasteiger partial charge in [0.05, 0.1) is 20.3 Å². The Morgan fingerprint density at radius 1 is 1.37 bits per heavy atom. The topological polar surface area (TPSA) is 68.9 Å². The predicted molar refractivity (Wildman–Crippen MR) is 77.8 cm³/mol. The number of aliphatic imine (C=N–C) groups is 1. The molecule has 5 heteroatoms. The van der Waals surface area contributed by atoms with Crippen LogP contribution in [0.5, 0.6) is 11.5 Å². The minimum absolute atomic E-state index is 0.276. The van der Waals surface area contributed by atoms with Gasteiger partial charge >= 0.3 is 0 Å². The van der Waals surface area contributed by atoms with E-state index >= 15 is 0 Å². The van der Waals surface area contributed by atoms with E-state index < -0.39 is 0 Å². The van der Waals surface area contributed by atoms with Gasteiger partial charge in [-0.05, 0) is 38.5 Å².